The highest BCUT2D eigenvalue weighted by Gasteiger charge is 2.34. The molecule has 0 spiro atoms. The molecule has 41 heavy (non-hydrogen) atoms. The Balaban J connectivity index is 0.00000108. The third-order valence-corrected chi connectivity index (χ3v) is 8.02. The van der Waals surface area contributed by atoms with Gasteiger partial charge in [0.1, 0.15) is 11.3 Å². The van der Waals surface area contributed by atoms with Gasteiger partial charge in [-0.3, -0.25) is 4.79 Å². The molecule has 6 rings (SSSR count). The zero-order valence-corrected chi connectivity index (χ0v) is 23.0. The van der Waals surface area contributed by atoms with Gasteiger partial charge in [0.25, 0.3) is 0 Å². The van der Waals surface area contributed by atoms with Crippen molar-refractivity contribution < 1.29 is 33.4 Å². The second-order valence-corrected chi connectivity index (χ2v) is 10.5. The van der Waals surface area contributed by atoms with Crippen molar-refractivity contribution in [2.75, 3.05) is 38.2 Å². The Morgan fingerprint density at radius 2 is 1.76 bits per heavy atom. The first-order valence-electron chi connectivity index (χ1n) is 13.6. The number of carbonyl (C=O) groups excluding carboxylic acids is 3. The van der Waals surface area contributed by atoms with E-state index in [1.807, 2.05) is 30.3 Å². The van der Waals surface area contributed by atoms with Crippen molar-refractivity contribution in [1.82, 2.24) is 4.58 Å². The van der Waals surface area contributed by atoms with Crippen LogP contribution in [-0.4, -0.2) is 56.5 Å². The molecule has 3 heterocycles. The topological polar surface area (TPSA) is 117 Å². The second kappa shape index (κ2) is 11.8. The van der Waals surface area contributed by atoms with E-state index in [-0.39, 0.29) is 23.6 Å². The minimum atomic E-state index is -0.959. The number of hydrogen-bond donors (Lipinski definition) is 1. The lowest BCUT2D eigenvalue weighted by Gasteiger charge is -2.40. The standard InChI is InChI=1S/C31H30N2O5.CO2/c1-3-19-15-32(16-19)21-8-10-25-27(13-21)38-28-14-22(33-17-20(18-33)12-29(34)37-2)9-11-26(28)30(25)23-6-4-5-7-24(23)31(35)36;2-1-3/h4-11,13-14,19-20H,3,12,15-18H2,1-2H3;/p+1. The van der Waals surface area contributed by atoms with Crippen LogP contribution in [0.3, 0.4) is 0 Å². The summed E-state index contributed by atoms with van der Waals surface area (Å²) in [6.07, 6.45) is 1.85. The van der Waals surface area contributed by atoms with E-state index >= 15 is 0 Å². The molecule has 9 nitrogen and oxygen atoms in total. The maximum absolute atomic E-state index is 12.2. The lowest BCUT2D eigenvalue weighted by molar-refractivity contribution is -0.191. The summed E-state index contributed by atoms with van der Waals surface area (Å²) >= 11 is 0. The summed E-state index contributed by atoms with van der Waals surface area (Å²) < 4.78 is 13.5. The first kappa shape index (κ1) is 27.8. The summed E-state index contributed by atoms with van der Waals surface area (Å²) in [7, 11) is 1.42. The summed E-state index contributed by atoms with van der Waals surface area (Å²) in [5, 5.41) is 11.9. The van der Waals surface area contributed by atoms with Crippen LogP contribution in [-0.2, 0) is 19.1 Å². The average molecular weight is 556 g/mol. The van der Waals surface area contributed by atoms with Crippen molar-refractivity contribution in [2.45, 2.75) is 19.8 Å². The van der Waals surface area contributed by atoms with E-state index in [0.717, 1.165) is 65.2 Å². The molecule has 0 atom stereocenters. The molecule has 0 bridgehead atoms. The third kappa shape index (κ3) is 5.49. The molecule has 210 valence electrons. The zero-order valence-electron chi connectivity index (χ0n) is 23.0. The van der Waals surface area contributed by atoms with E-state index in [1.165, 1.54) is 13.5 Å². The molecular formula is C32H31N2O7+. The minimum Gasteiger partial charge on any atom is -0.478 e. The van der Waals surface area contributed by atoms with Crippen LogP contribution in [0.2, 0.25) is 0 Å². The van der Waals surface area contributed by atoms with Crippen LogP contribution in [0.15, 0.2) is 65.1 Å². The van der Waals surface area contributed by atoms with Gasteiger partial charge in [-0.2, -0.15) is 9.59 Å². The number of carboxylic acid groups (broad SMARTS) is 1. The van der Waals surface area contributed by atoms with Gasteiger partial charge < -0.3 is 19.2 Å². The van der Waals surface area contributed by atoms with Gasteiger partial charge in [0.15, 0.2) is 13.1 Å². The molecule has 9 heteroatoms. The Bertz CT molecular complexity index is 1690. The number of carbonyl (C=O) groups is 2. The Morgan fingerprint density at radius 3 is 2.44 bits per heavy atom. The van der Waals surface area contributed by atoms with Gasteiger partial charge in [0.2, 0.25) is 5.36 Å². The van der Waals surface area contributed by atoms with Crippen molar-refractivity contribution in [2.24, 2.45) is 11.8 Å². The smallest absolute Gasteiger partial charge is 0.373 e. The summed E-state index contributed by atoms with van der Waals surface area (Å²) in [4.78, 5) is 42.4. The molecule has 0 radical (unpaired) electrons. The van der Waals surface area contributed by atoms with Crippen molar-refractivity contribution in [1.29, 1.82) is 0 Å². The molecule has 1 N–H and O–H groups in total. The molecule has 0 saturated carbocycles. The number of esters is 1. The lowest BCUT2D eigenvalue weighted by Crippen LogP contribution is -2.49. The van der Waals surface area contributed by atoms with Crippen molar-refractivity contribution >= 4 is 34.7 Å². The van der Waals surface area contributed by atoms with Gasteiger partial charge in [-0.15, -0.1) is 0 Å². The number of methoxy groups -OCH3 is 1. The molecule has 0 amide bonds. The first-order valence-corrected chi connectivity index (χ1v) is 13.6. The number of benzene rings is 3. The van der Waals surface area contributed by atoms with E-state index in [2.05, 4.69) is 34.6 Å². The van der Waals surface area contributed by atoms with Crippen LogP contribution >= 0.6 is 0 Å². The normalized spacial score (nSPS) is 16.3. The zero-order chi connectivity index (χ0) is 29.1. The number of nitrogens with zero attached hydrogens (tertiary/aromatic N) is 2. The summed E-state index contributed by atoms with van der Waals surface area (Å²) in [6, 6.07) is 19.5. The van der Waals surface area contributed by atoms with Crippen LogP contribution in [0, 0.1) is 11.8 Å². The Labute approximate surface area is 236 Å². The Morgan fingerprint density at radius 1 is 1.02 bits per heavy atom. The highest BCUT2D eigenvalue weighted by Crippen LogP contribution is 2.42. The highest BCUT2D eigenvalue weighted by atomic mass is 16.5. The maximum Gasteiger partial charge on any atom is 0.373 e. The van der Waals surface area contributed by atoms with Gasteiger partial charge in [-0.1, -0.05) is 25.1 Å². The van der Waals surface area contributed by atoms with Crippen LogP contribution in [0.1, 0.15) is 30.1 Å². The van der Waals surface area contributed by atoms with E-state index in [1.54, 1.807) is 12.1 Å². The molecule has 2 aromatic rings. The van der Waals surface area contributed by atoms with Crippen LogP contribution in [0.5, 0.6) is 0 Å². The molecule has 4 aliphatic rings. The van der Waals surface area contributed by atoms with Gasteiger partial charge in [0.05, 0.1) is 31.1 Å². The fourth-order valence-corrected chi connectivity index (χ4v) is 5.71. The van der Waals surface area contributed by atoms with Crippen LogP contribution < -0.4 is 14.8 Å². The molecule has 2 aromatic carbocycles. The summed E-state index contributed by atoms with van der Waals surface area (Å²) in [5.41, 5.74) is 4.51. The SMILES string of the molecule is CCC1CN(c2ccc3c(-c4ccccc4C(=O)O)c4ccc(=[N+]5CC(CC(=O)OC)C5)cc-4oc3c2)C1.O=C=O. The summed E-state index contributed by atoms with van der Waals surface area (Å²) in [5.74, 6) is 0.558. The van der Waals surface area contributed by atoms with Crippen molar-refractivity contribution in [3.05, 3.63) is 71.6 Å². The molecule has 2 saturated heterocycles. The molecule has 0 aromatic heterocycles. The molecule has 0 unspecified atom stereocenters. The minimum absolute atomic E-state index is 0.181. The quantitative estimate of drug-likeness (QED) is 0.214. The lowest BCUT2D eigenvalue weighted by atomic mass is 9.90. The van der Waals surface area contributed by atoms with Crippen molar-refractivity contribution in [3.63, 3.8) is 0 Å². The Kier molecular flexibility index (Phi) is 7.99. The van der Waals surface area contributed by atoms with E-state index in [4.69, 9.17) is 18.7 Å². The molecular weight excluding hydrogens is 524 g/mol. The fourth-order valence-electron chi connectivity index (χ4n) is 5.71. The maximum atomic E-state index is 12.2. The van der Waals surface area contributed by atoms with Crippen LogP contribution in [0.4, 0.5) is 5.69 Å². The second-order valence-electron chi connectivity index (χ2n) is 10.5. The molecule has 1 aliphatic carbocycles. The largest absolute Gasteiger partial charge is 0.478 e. The van der Waals surface area contributed by atoms with Gasteiger partial charge in [-0.05, 0) is 42.2 Å². The first-order chi connectivity index (χ1) is 19.9. The van der Waals surface area contributed by atoms with E-state index < -0.39 is 5.97 Å². The van der Waals surface area contributed by atoms with E-state index in [9.17, 15) is 14.7 Å². The number of rotatable bonds is 6. The van der Waals surface area contributed by atoms with Gasteiger partial charge >= 0.3 is 18.1 Å². The number of fused-ring (bicyclic) bond motifs is 2. The molecule has 2 fully saturated rings. The van der Waals surface area contributed by atoms with Crippen molar-refractivity contribution in [3.8, 4) is 22.5 Å². The third-order valence-electron chi connectivity index (χ3n) is 8.02. The van der Waals surface area contributed by atoms with Crippen LogP contribution in [0.25, 0.3) is 33.4 Å². The number of carboxylic acids is 1. The highest BCUT2D eigenvalue weighted by molar-refractivity contribution is 6.07. The average Bonchev–Trinajstić information content (AvgIpc) is 2.92. The number of ether oxygens (including phenoxy) is 1. The summed E-state index contributed by atoms with van der Waals surface area (Å²) in [6.45, 7) is 5.86. The van der Waals surface area contributed by atoms with Gasteiger partial charge in [0, 0.05) is 47.4 Å². The number of anilines is 1. The predicted molar refractivity (Wildman–Crippen MR) is 151 cm³/mol. The Hall–Kier alpha value is -4.75. The number of aromatic carboxylic acids is 1. The monoisotopic (exact) mass is 555 g/mol. The predicted octanol–water partition coefficient (Wildman–Crippen LogP) is 4.13. The van der Waals surface area contributed by atoms with Gasteiger partial charge in [-0.25, -0.2) is 9.37 Å². The molecule has 3 aliphatic heterocycles. The fraction of sp³-hybridized carbons (Fsp3) is 0.312. The van der Waals surface area contributed by atoms with E-state index in [0.29, 0.717) is 17.7 Å². The number of hydrogen-bond acceptors (Lipinski definition) is 7.